The highest BCUT2D eigenvalue weighted by Gasteiger charge is 2.13. The molecule has 0 radical (unpaired) electrons. The molecule has 0 bridgehead atoms. The molecule has 0 unspecified atom stereocenters. The predicted molar refractivity (Wildman–Crippen MR) is 77.6 cm³/mol. The van der Waals surface area contributed by atoms with E-state index in [9.17, 15) is 13.2 Å². The molecule has 1 amide bonds. The fraction of sp³-hybridized carbons (Fsp3) is 0.167. The van der Waals surface area contributed by atoms with Gasteiger partial charge in [0.25, 0.3) is 15.0 Å². The molecule has 0 spiro atoms. The molecule has 106 valence electrons. The number of hydrogen-bond acceptors (Lipinski definition) is 5. The zero-order chi connectivity index (χ0) is 14.6. The first kappa shape index (κ1) is 15.0. The van der Waals surface area contributed by atoms with Crippen molar-refractivity contribution in [2.75, 3.05) is 6.54 Å². The lowest BCUT2D eigenvalue weighted by molar-refractivity contribution is 0.0949. The van der Waals surface area contributed by atoms with Gasteiger partial charge in [-0.1, -0.05) is 6.07 Å². The monoisotopic (exact) mass is 330 g/mol. The van der Waals surface area contributed by atoms with Crippen LogP contribution in [-0.2, 0) is 15.5 Å². The lowest BCUT2D eigenvalue weighted by Gasteiger charge is -2.02. The summed E-state index contributed by atoms with van der Waals surface area (Å²) in [6, 6.07) is 8.24. The number of aromatic nitrogens is 1. The third-order valence-electron chi connectivity index (χ3n) is 2.43. The van der Waals surface area contributed by atoms with Crippen LogP contribution < -0.4 is 5.32 Å². The number of amides is 1. The standard InChI is InChI=1S/C12H11ClN2O3S2/c13-20(17,18)11-5-4-9(19-11)6-8-15-12(16)10-3-1-2-7-14-10/h1-5,7H,6,8H2,(H,15,16). The number of nitrogens with one attached hydrogen (secondary N) is 1. The van der Waals surface area contributed by atoms with Crippen molar-refractivity contribution in [2.24, 2.45) is 0 Å². The Hall–Kier alpha value is -1.44. The smallest absolute Gasteiger partial charge is 0.270 e. The van der Waals surface area contributed by atoms with Crippen LogP contribution in [0.15, 0.2) is 40.7 Å². The van der Waals surface area contributed by atoms with Crippen molar-refractivity contribution in [3.05, 3.63) is 47.1 Å². The number of thiophene rings is 1. The van der Waals surface area contributed by atoms with Crippen LogP contribution in [0.4, 0.5) is 0 Å². The Morgan fingerprint density at radius 1 is 1.30 bits per heavy atom. The van der Waals surface area contributed by atoms with E-state index in [0.29, 0.717) is 18.7 Å². The molecule has 2 heterocycles. The Kier molecular flexibility index (Phi) is 4.74. The molecule has 0 aromatic carbocycles. The Bertz CT molecular complexity index is 699. The molecule has 0 fully saturated rings. The topological polar surface area (TPSA) is 76.1 Å². The fourth-order valence-electron chi connectivity index (χ4n) is 1.51. The normalized spacial score (nSPS) is 11.2. The third-order valence-corrected chi connectivity index (χ3v) is 5.67. The summed E-state index contributed by atoms with van der Waals surface area (Å²) in [5, 5.41) is 2.72. The van der Waals surface area contributed by atoms with Gasteiger partial charge in [0.2, 0.25) is 0 Å². The maximum absolute atomic E-state index is 11.7. The Balaban J connectivity index is 1.88. The molecule has 0 aliphatic carbocycles. The molecule has 2 aromatic heterocycles. The van der Waals surface area contributed by atoms with Gasteiger partial charge in [-0.3, -0.25) is 9.78 Å². The third kappa shape index (κ3) is 4.03. The quantitative estimate of drug-likeness (QED) is 0.851. The molecule has 0 atom stereocenters. The number of carbonyl (C=O) groups excluding carboxylic acids is 1. The minimum atomic E-state index is -3.67. The van der Waals surface area contributed by atoms with Crippen molar-refractivity contribution in [3.63, 3.8) is 0 Å². The summed E-state index contributed by atoms with van der Waals surface area (Å²) in [4.78, 5) is 16.5. The first-order chi connectivity index (χ1) is 9.47. The van der Waals surface area contributed by atoms with E-state index in [1.165, 1.54) is 6.07 Å². The number of halogens is 1. The van der Waals surface area contributed by atoms with Gasteiger partial charge in [-0.05, 0) is 30.7 Å². The van der Waals surface area contributed by atoms with Crippen LogP contribution in [0.5, 0.6) is 0 Å². The molecule has 0 aliphatic rings. The highest BCUT2D eigenvalue weighted by Crippen LogP contribution is 2.24. The van der Waals surface area contributed by atoms with E-state index >= 15 is 0 Å². The summed E-state index contributed by atoms with van der Waals surface area (Å²) in [5.74, 6) is -0.257. The summed E-state index contributed by atoms with van der Waals surface area (Å²) in [5.41, 5.74) is 0.350. The second kappa shape index (κ2) is 6.34. The average molecular weight is 331 g/mol. The lowest BCUT2D eigenvalue weighted by atomic mass is 10.3. The maximum atomic E-state index is 11.7. The van der Waals surface area contributed by atoms with Gasteiger partial charge >= 0.3 is 0 Å². The number of pyridine rings is 1. The van der Waals surface area contributed by atoms with Crippen LogP contribution in [0.2, 0.25) is 0 Å². The van der Waals surface area contributed by atoms with Crippen LogP contribution in [0, 0.1) is 0 Å². The van der Waals surface area contributed by atoms with Gasteiger partial charge in [-0.25, -0.2) is 8.42 Å². The van der Waals surface area contributed by atoms with Gasteiger partial charge in [0.15, 0.2) is 0 Å². The predicted octanol–water partition coefficient (Wildman–Crippen LogP) is 2.04. The first-order valence-electron chi connectivity index (χ1n) is 5.69. The molecule has 20 heavy (non-hydrogen) atoms. The number of nitrogens with zero attached hydrogens (tertiary/aromatic N) is 1. The van der Waals surface area contributed by atoms with Crippen LogP contribution in [0.3, 0.4) is 0 Å². The number of carbonyl (C=O) groups is 1. The Morgan fingerprint density at radius 2 is 2.10 bits per heavy atom. The van der Waals surface area contributed by atoms with Gasteiger partial charge in [-0.2, -0.15) is 0 Å². The van der Waals surface area contributed by atoms with E-state index in [1.54, 1.807) is 30.5 Å². The zero-order valence-electron chi connectivity index (χ0n) is 10.2. The fourth-order valence-corrected chi connectivity index (χ4v) is 3.63. The largest absolute Gasteiger partial charge is 0.350 e. The van der Waals surface area contributed by atoms with E-state index in [1.807, 2.05) is 0 Å². The van der Waals surface area contributed by atoms with E-state index in [2.05, 4.69) is 10.3 Å². The van der Waals surface area contributed by atoms with Crippen LogP contribution in [0.1, 0.15) is 15.4 Å². The second-order valence-electron chi connectivity index (χ2n) is 3.88. The highest BCUT2D eigenvalue weighted by molar-refractivity contribution is 8.15. The molecule has 2 aromatic rings. The number of hydrogen-bond donors (Lipinski definition) is 1. The van der Waals surface area contributed by atoms with Crippen molar-refractivity contribution >= 4 is 37.0 Å². The van der Waals surface area contributed by atoms with Crippen molar-refractivity contribution < 1.29 is 13.2 Å². The zero-order valence-corrected chi connectivity index (χ0v) is 12.6. The van der Waals surface area contributed by atoms with E-state index in [0.717, 1.165) is 16.2 Å². The molecule has 1 N–H and O–H groups in total. The minimum absolute atomic E-state index is 0.116. The summed E-state index contributed by atoms with van der Waals surface area (Å²) in [6.45, 7) is 0.400. The van der Waals surface area contributed by atoms with Gasteiger partial charge in [0, 0.05) is 28.3 Å². The minimum Gasteiger partial charge on any atom is -0.350 e. The maximum Gasteiger partial charge on any atom is 0.270 e. The van der Waals surface area contributed by atoms with Crippen molar-refractivity contribution in [2.45, 2.75) is 10.6 Å². The lowest BCUT2D eigenvalue weighted by Crippen LogP contribution is -2.26. The second-order valence-corrected chi connectivity index (χ2v) is 7.84. The van der Waals surface area contributed by atoms with Crippen LogP contribution in [-0.4, -0.2) is 25.9 Å². The summed E-state index contributed by atoms with van der Waals surface area (Å²) >= 11 is 1.10. The molecular formula is C12H11ClN2O3S2. The Morgan fingerprint density at radius 3 is 2.70 bits per heavy atom. The molecule has 0 saturated heterocycles. The van der Waals surface area contributed by atoms with Gasteiger partial charge in [-0.15, -0.1) is 11.3 Å². The molecule has 0 aliphatic heterocycles. The molecule has 8 heteroatoms. The first-order valence-corrected chi connectivity index (χ1v) is 8.82. The van der Waals surface area contributed by atoms with E-state index < -0.39 is 9.05 Å². The van der Waals surface area contributed by atoms with Crippen LogP contribution >= 0.6 is 22.0 Å². The van der Waals surface area contributed by atoms with E-state index in [-0.39, 0.29) is 10.1 Å². The van der Waals surface area contributed by atoms with Crippen molar-refractivity contribution in [1.29, 1.82) is 0 Å². The number of rotatable bonds is 5. The molecule has 5 nitrogen and oxygen atoms in total. The summed E-state index contributed by atoms with van der Waals surface area (Å²) in [7, 11) is 1.57. The van der Waals surface area contributed by atoms with Crippen molar-refractivity contribution in [1.82, 2.24) is 10.3 Å². The summed E-state index contributed by atoms with van der Waals surface area (Å²) < 4.78 is 22.3. The van der Waals surface area contributed by atoms with Crippen LogP contribution in [0.25, 0.3) is 0 Å². The molecule has 0 saturated carbocycles. The summed E-state index contributed by atoms with van der Waals surface area (Å²) in [6.07, 6.45) is 2.08. The van der Waals surface area contributed by atoms with Gasteiger partial charge in [0.05, 0.1) is 0 Å². The van der Waals surface area contributed by atoms with Gasteiger partial charge in [0.1, 0.15) is 9.90 Å². The highest BCUT2D eigenvalue weighted by atomic mass is 35.7. The van der Waals surface area contributed by atoms with Gasteiger partial charge < -0.3 is 5.32 Å². The SMILES string of the molecule is O=C(NCCc1ccc(S(=O)(=O)Cl)s1)c1ccccn1. The molecular weight excluding hydrogens is 320 g/mol. The molecule has 2 rings (SSSR count). The Labute approximate surface area is 125 Å². The van der Waals surface area contributed by atoms with Crippen molar-refractivity contribution in [3.8, 4) is 0 Å². The van der Waals surface area contributed by atoms with E-state index in [4.69, 9.17) is 10.7 Å². The average Bonchev–Trinajstić information content (AvgIpc) is 2.88.